The molecule has 3 rings (SSSR count). The first-order valence-corrected chi connectivity index (χ1v) is 9.89. The molecular weight excluding hydrogens is 396 g/mol. The number of aliphatic hydroxyl groups is 2. The first kappa shape index (κ1) is 22.3. The number of ketones is 1. The van der Waals surface area contributed by atoms with Crippen LogP contribution in [-0.4, -0.2) is 41.0 Å². The summed E-state index contributed by atoms with van der Waals surface area (Å²) in [6.07, 6.45) is 2.13. The number of Topliss-reactive ketones (excluding diaryl/α,β-unsaturated/α-hetero) is 1. The minimum Gasteiger partial charge on any atom is -0.497 e. The molecule has 0 aliphatic carbocycles. The van der Waals surface area contributed by atoms with E-state index in [9.17, 15) is 15.0 Å². The number of nitrogens with one attached hydrogen (secondary N) is 2. The Bertz CT molecular complexity index is 1020. The summed E-state index contributed by atoms with van der Waals surface area (Å²) in [5.41, 5.74) is 2.94. The fourth-order valence-electron chi connectivity index (χ4n) is 3.35. The highest BCUT2D eigenvalue weighted by atomic mass is 16.5. The second-order valence-corrected chi connectivity index (χ2v) is 7.31. The molecule has 0 aliphatic heterocycles. The van der Waals surface area contributed by atoms with Crippen molar-refractivity contribution in [1.29, 1.82) is 5.41 Å². The standard InChI is InChI=1S/C24H26N2O5/c1-15(28)8-22(25)23(26-18-9-16(12-27)10-19(11-18)30-2)24(29)21-14-31-13-20(21)17-6-4-3-5-7-17/h3-7,9-11,13-15,23,25-28H,8,12H2,1-2H3. The normalized spacial score (nSPS) is 12.8. The molecule has 2 atom stereocenters. The van der Waals surface area contributed by atoms with E-state index in [2.05, 4.69) is 5.32 Å². The molecule has 1 heterocycles. The third kappa shape index (κ3) is 5.39. The fraction of sp³-hybridized carbons (Fsp3) is 0.250. The number of methoxy groups -OCH3 is 1. The number of ether oxygens (including phenoxy) is 1. The van der Waals surface area contributed by atoms with Crippen molar-refractivity contribution in [2.75, 3.05) is 12.4 Å². The van der Waals surface area contributed by atoms with E-state index in [4.69, 9.17) is 14.6 Å². The van der Waals surface area contributed by atoms with Crippen LogP contribution in [0.25, 0.3) is 11.1 Å². The van der Waals surface area contributed by atoms with Crippen molar-refractivity contribution in [3.05, 3.63) is 72.2 Å². The van der Waals surface area contributed by atoms with Gasteiger partial charge in [0.15, 0.2) is 5.78 Å². The zero-order valence-electron chi connectivity index (χ0n) is 17.5. The van der Waals surface area contributed by atoms with Crippen LogP contribution in [-0.2, 0) is 6.61 Å². The zero-order valence-corrected chi connectivity index (χ0v) is 17.5. The topological polar surface area (TPSA) is 116 Å². The molecule has 0 fully saturated rings. The number of hydrogen-bond donors (Lipinski definition) is 4. The highest BCUT2D eigenvalue weighted by Gasteiger charge is 2.29. The first-order valence-electron chi connectivity index (χ1n) is 9.89. The summed E-state index contributed by atoms with van der Waals surface area (Å²) < 4.78 is 10.6. The van der Waals surface area contributed by atoms with Crippen LogP contribution in [0.4, 0.5) is 5.69 Å². The van der Waals surface area contributed by atoms with Crippen molar-refractivity contribution >= 4 is 17.2 Å². The van der Waals surface area contributed by atoms with Crippen molar-refractivity contribution in [1.82, 2.24) is 0 Å². The van der Waals surface area contributed by atoms with Crippen molar-refractivity contribution in [2.24, 2.45) is 0 Å². The zero-order chi connectivity index (χ0) is 22.4. The van der Waals surface area contributed by atoms with Gasteiger partial charge in [0.05, 0.1) is 31.6 Å². The van der Waals surface area contributed by atoms with E-state index < -0.39 is 12.1 Å². The highest BCUT2D eigenvalue weighted by molar-refractivity contribution is 6.19. The van der Waals surface area contributed by atoms with Crippen molar-refractivity contribution in [3.8, 4) is 16.9 Å². The Hall–Kier alpha value is -3.42. The monoisotopic (exact) mass is 422 g/mol. The maximum Gasteiger partial charge on any atom is 0.194 e. The SMILES string of the molecule is COc1cc(CO)cc(NC(C(=N)CC(C)O)C(=O)c2cocc2-c2ccccc2)c1. The lowest BCUT2D eigenvalue weighted by Crippen LogP contribution is -2.38. The van der Waals surface area contributed by atoms with Gasteiger partial charge in [-0.3, -0.25) is 4.79 Å². The molecule has 2 unspecified atom stereocenters. The molecule has 4 N–H and O–H groups in total. The number of aliphatic hydroxyl groups excluding tert-OH is 2. The van der Waals surface area contributed by atoms with E-state index in [0.29, 0.717) is 28.1 Å². The molecule has 0 bridgehead atoms. The number of anilines is 1. The molecule has 3 aromatic rings. The smallest absolute Gasteiger partial charge is 0.194 e. The van der Waals surface area contributed by atoms with E-state index in [0.717, 1.165) is 5.56 Å². The van der Waals surface area contributed by atoms with Crippen LogP contribution in [0.1, 0.15) is 29.3 Å². The molecule has 0 aliphatic rings. The van der Waals surface area contributed by atoms with Gasteiger partial charge in [0, 0.05) is 29.4 Å². The van der Waals surface area contributed by atoms with Gasteiger partial charge in [-0.25, -0.2) is 0 Å². The molecule has 0 radical (unpaired) electrons. The third-order valence-electron chi connectivity index (χ3n) is 4.83. The minimum atomic E-state index is -1.03. The number of carbonyl (C=O) groups excluding carboxylic acids is 1. The number of rotatable bonds is 10. The van der Waals surface area contributed by atoms with Gasteiger partial charge in [-0.15, -0.1) is 0 Å². The van der Waals surface area contributed by atoms with Crippen molar-refractivity contribution < 1.29 is 24.2 Å². The average molecular weight is 422 g/mol. The summed E-state index contributed by atoms with van der Waals surface area (Å²) in [5.74, 6) is 0.155. The third-order valence-corrected chi connectivity index (χ3v) is 4.83. The van der Waals surface area contributed by atoms with Crippen LogP contribution >= 0.6 is 0 Å². The maximum atomic E-state index is 13.5. The van der Waals surface area contributed by atoms with E-state index in [1.807, 2.05) is 30.3 Å². The van der Waals surface area contributed by atoms with Crippen LogP contribution in [0.2, 0.25) is 0 Å². The van der Waals surface area contributed by atoms with E-state index in [-0.39, 0.29) is 24.5 Å². The van der Waals surface area contributed by atoms with Gasteiger partial charge in [-0.1, -0.05) is 30.3 Å². The number of furan rings is 1. The van der Waals surface area contributed by atoms with Crippen LogP contribution in [0.3, 0.4) is 0 Å². The molecule has 0 amide bonds. The Balaban J connectivity index is 1.98. The van der Waals surface area contributed by atoms with Crippen molar-refractivity contribution in [2.45, 2.75) is 32.1 Å². The van der Waals surface area contributed by atoms with Crippen LogP contribution < -0.4 is 10.1 Å². The first-order chi connectivity index (χ1) is 14.9. The fourth-order valence-corrected chi connectivity index (χ4v) is 3.35. The summed E-state index contributed by atoms with van der Waals surface area (Å²) in [4.78, 5) is 13.5. The molecule has 0 saturated carbocycles. The Morgan fingerprint density at radius 1 is 1.19 bits per heavy atom. The van der Waals surface area contributed by atoms with Crippen LogP contribution in [0.5, 0.6) is 5.75 Å². The van der Waals surface area contributed by atoms with Gasteiger partial charge in [0.25, 0.3) is 0 Å². The molecule has 1 aromatic heterocycles. The maximum absolute atomic E-state index is 13.5. The van der Waals surface area contributed by atoms with Gasteiger partial charge in [0.2, 0.25) is 0 Å². The molecule has 2 aromatic carbocycles. The summed E-state index contributed by atoms with van der Waals surface area (Å²) in [6, 6.07) is 13.4. The molecule has 0 spiro atoms. The van der Waals surface area contributed by atoms with E-state index in [1.54, 1.807) is 25.1 Å². The predicted octanol–water partition coefficient (Wildman–Crippen LogP) is 3.90. The number of carbonyl (C=O) groups is 1. The lowest BCUT2D eigenvalue weighted by molar-refractivity contribution is 0.0988. The Morgan fingerprint density at radius 2 is 1.94 bits per heavy atom. The Labute approximate surface area is 180 Å². The molecule has 162 valence electrons. The predicted molar refractivity (Wildman–Crippen MR) is 119 cm³/mol. The van der Waals surface area contributed by atoms with Gasteiger partial charge in [-0.05, 0) is 30.2 Å². The van der Waals surface area contributed by atoms with Gasteiger partial charge in [0.1, 0.15) is 18.1 Å². The lowest BCUT2D eigenvalue weighted by atomic mass is 9.94. The number of hydrogen-bond acceptors (Lipinski definition) is 7. The summed E-state index contributed by atoms with van der Waals surface area (Å²) >= 11 is 0. The Kier molecular flexibility index (Phi) is 7.23. The molecule has 0 saturated heterocycles. The second kappa shape index (κ2) is 10.1. The largest absolute Gasteiger partial charge is 0.497 e. The van der Waals surface area contributed by atoms with Crippen LogP contribution in [0, 0.1) is 5.41 Å². The van der Waals surface area contributed by atoms with Gasteiger partial charge >= 0.3 is 0 Å². The highest BCUT2D eigenvalue weighted by Crippen LogP contribution is 2.28. The van der Waals surface area contributed by atoms with Gasteiger partial charge < -0.3 is 30.1 Å². The molecular formula is C24H26N2O5. The lowest BCUT2D eigenvalue weighted by Gasteiger charge is -2.21. The molecule has 31 heavy (non-hydrogen) atoms. The van der Waals surface area contributed by atoms with Crippen LogP contribution in [0.15, 0.2) is 65.5 Å². The minimum absolute atomic E-state index is 0.0265. The summed E-state index contributed by atoms with van der Waals surface area (Å²) in [7, 11) is 1.51. The Morgan fingerprint density at radius 3 is 2.58 bits per heavy atom. The quantitative estimate of drug-likeness (QED) is 0.291. The van der Waals surface area contributed by atoms with Crippen molar-refractivity contribution in [3.63, 3.8) is 0 Å². The summed E-state index contributed by atoms with van der Waals surface area (Å²) in [5, 5.41) is 30.9. The molecule has 7 nitrogen and oxygen atoms in total. The van der Waals surface area contributed by atoms with E-state index in [1.165, 1.54) is 19.6 Å². The summed E-state index contributed by atoms with van der Waals surface area (Å²) in [6.45, 7) is 1.37. The molecule has 7 heteroatoms. The van der Waals surface area contributed by atoms with E-state index >= 15 is 0 Å². The number of benzene rings is 2. The average Bonchev–Trinajstić information content (AvgIpc) is 3.26. The van der Waals surface area contributed by atoms with Gasteiger partial charge in [-0.2, -0.15) is 0 Å². The second-order valence-electron chi connectivity index (χ2n) is 7.31.